The molecule has 29 heavy (non-hydrogen) atoms. The summed E-state index contributed by atoms with van der Waals surface area (Å²) in [6.45, 7) is -0.216. The summed E-state index contributed by atoms with van der Waals surface area (Å²) in [6, 6.07) is 15.4. The Morgan fingerprint density at radius 1 is 1.07 bits per heavy atom. The van der Waals surface area contributed by atoms with Crippen molar-refractivity contribution in [2.24, 2.45) is 0 Å². The molecule has 1 aliphatic heterocycles. The molecule has 1 amide bonds. The fourth-order valence-electron chi connectivity index (χ4n) is 3.32. The fraction of sp³-hybridized carbons (Fsp3) is 0.333. The summed E-state index contributed by atoms with van der Waals surface area (Å²) in [5, 5.41) is 0. The lowest BCUT2D eigenvalue weighted by Crippen LogP contribution is -2.42. The molecule has 2 aromatic rings. The van der Waals surface area contributed by atoms with Gasteiger partial charge >= 0.3 is 5.97 Å². The van der Waals surface area contributed by atoms with E-state index in [0.717, 1.165) is 5.56 Å². The largest absolute Gasteiger partial charge is 0.496 e. The van der Waals surface area contributed by atoms with Crippen LogP contribution in [0.25, 0.3) is 0 Å². The highest BCUT2D eigenvalue weighted by atomic mass is 32.2. The Morgan fingerprint density at radius 3 is 2.41 bits per heavy atom. The number of para-hydroxylation sites is 1. The number of nitrogens with zero attached hydrogens (tertiary/aromatic N) is 1. The highest BCUT2D eigenvalue weighted by molar-refractivity contribution is 7.91. The maximum absolute atomic E-state index is 12.9. The van der Waals surface area contributed by atoms with Crippen LogP contribution < -0.4 is 4.74 Å². The summed E-state index contributed by atoms with van der Waals surface area (Å²) >= 11 is 0. The maximum atomic E-state index is 12.9. The number of benzene rings is 2. The van der Waals surface area contributed by atoms with Gasteiger partial charge in [0.1, 0.15) is 11.3 Å². The number of sulfone groups is 1. The summed E-state index contributed by atoms with van der Waals surface area (Å²) in [4.78, 5) is 26.7. The molecule has 1 atom stereocenters. The SMILES string of the molecule is COc1ccccc1C(=O)OCC(=O)N(Cc1ccccc1)[C@H]1CCS(=O)(=O)C1. The van der Waals surface area contributed by atoms with Gasteiger partial charge in [-0.1, -0.05) is 42.5 Å². The molecule has 7 nitrogen and oxygen atoms in total. The lowest BCUT2D eigenvalue weighted by atomic mass is 10.1. The van der Waals surface area contributed by atoms with Crippen LogP contribution in [0.2, 0.25) is 0 Å². The average molecular weight is 417 g/mol. The number of carbonyl (C=O) groups is 2. The van der Waals surface area contributed by atoms with Gasteiger partial charge in [-0.3, -0.25) is 4.79 Å². The van der Waals surface area contributed by atoms with Gasteiger partial charge in [-0.05, 0) is 24.1 Å². The summed E-state index contributed by atoms with van der Waals surface area (Å²) in [6.07, 6.45) is 0.376. The van der Waals surface area contributed by atoms with Crippen LogP contribution in [-0.2, 0) is 25.9 Å². The predicted molar refractivity (Wildman–Crippen MR) is 107 cm³/mol. The van der Waals surface area contributed by atoms with Gasteiger partial charge in [0.2, 0.25) is 0 Å². The zero-order valence-corrected chi connectivity index (χ0v) is 16.9. The molecule has 1 saturated heterocycles. The van der Waals surface area contributed by atoms with Crippen molar-refractivity contribution in [1.82, 2.24) is 4.90 Å². The number of hydrogen-bond donors (Lipinski definition) is 0. The number of esters is 1. The molecule has 1 fully saturated rings. The number of hydrogen-bond acceptors (Lipinski definition) is 6. The summed E-state index contributed by atoms with van der Waals surface area (Å²) in [5.74, 6) is -0.773. The Balaban J connectivity index is 1.71. The van der Waals surface area contributed by atoms with E-state index in [4.69, 9.17) is 9.47 Å². The van der Waals surface area contributed by atoms with Crippen LogP contribution in [0.1, 0.15) is 22.3 Å². The first-order valence-corrected chi connectivity index (χ1v) is 11.1. The van der Waals surface area contributed by atoms with E-state index in [0.29, 0.717) is 12.2 Å². The smallest absolute Gasteiger partial charge is 0.342 e. The molecule has 0 unspecified atom stereocenters. The van der Waals surface area contributed by atoms with Crippen LogP contribution in [0.5, 0.6) is 5.75 Å². The van der Waals surface area contributed by atoms with Crippen molar-refractivity contribution in [3.05, 3.63) is 65.7 Å². The van der Waals surface area contributed by atoms with Crippen LogP contribution in [0.3, 0.4) is 0 Å². The fourth-order valence-corrected chi connectivity index (χ4v) is 5.05. The summed E-state index contributed by atoms with van der Waals surface area (Å²) < 4.78 is 34.2. The van der Waals surface area contributed by atoms with Crippen molar-refractivity contribution < 1.29 is 27.5 Å². The van der Waals surface area contributed by atoms with Crippen molar-refractivity contribution >= 4 is 21.7 Å². The molecule has 1 heterocycles. The van der Waals surface area contributed by atoms with Gasteiger partial charge < -0.3 is 14.4 Å². The number of carbonyl (C=O) groups excluding carboxylic acids is 2. The number of rotatable bonds is 7. The zero-order chi connectivity index (χ0) is 20.9. The third-order valence-electron chi connectivity index (χ3n) is 4.82. The van der Waals surface area contributed by atoms with Gasteiger partial charge in [0.05, 0.1) is 18.6 Å². The van der Waals surface area contributed by atoms with Crippen LogP contribution >= 0.6 is 0 Å². The molecule has 0 radical (unpaired) electrons. The van der Waals surface area contributed by atoms with Gasteiger partial charge in [-0.2, -0.15) is 0 Å². The standard InChI is InChI=1S/C21H23NO6S/c1-27-19-10-6-5-9-18(19)21(24)28-14-20(23)22(13-16-7-3-2-4-8-16)17-11-12-29(25,26)15-17/h2-10,17H,11-15H2,1H3/t17-/m0/s1. The molecule has 8 heteroatoms. The minimum absolute atomic E-state index is 0.0528. The third-order valence-corrected chi connectivity index (χ3v) is 6.57. The average Bonchev–Trinajstić information content (AvgIpc) is 3.10. The second kappa shape index (κ2) is 9.09. The van der Waals surface area contributed by atoms with E-state index in [1.165, 1.54) is 12.0 Å². The first-order chi connectivity index (χ1) is 13.9. The Labute approximate surface area is 170 Å². The Kier molecular flexibility index (Phi) is 6.53. The molecule has 0 spiro atoms. The van der Waals surface area contributed by atoms with Crippen LogP contribution in [0.15, 0.2) is 54.6 Å². The predicted octanol–water partition coefficient (Wildman–Crippen LogP) is 2.07. The van der Waals surface area contributed by atoms with E-state index >= 15 is 0 Å². The van der Waals surface area contributed by atoms with Crippen molar-refractivity contribution in [1.29, 1.82) is 0 Å². The van der Waals surface area contributed by atoms with E-state index in [2.05, 4.69) is 0 Å². The molecule has 0 N–H and O–H groups in total. The van der Waals surface area contributed by atoms with Crippen LogP contribution in [0.4, 0.5) is 0 Å². The minimum Gasteiger partial charge on any atom is -0.496 e. The second-order valence-electron chi connectivity index (χ2n) is 6.84. The third kappa shape index (κ3) is 5.35. The monoisotopic (exact) mass is 417 g/mol. The highest BCUT2D eigenvalue weighted by Gasteiger charge is 2.35. The normalized spacial score (nSPS) is 17.5. The lowest BCUT2D eigenvalue weighted by molar-refractivity contribution is -0.137. The molecule has 0 bridgehead atoms. The molecule has 2 aromatic carbocycles. The van der Waals surface area contributed by atoms with Gasteiger partial charge in [0, 0.05) is 12.6 Å². The van der Waals surface area contributed by atoms with E-state index < -0.39 is 34.4 Å². The second-order valence-corrected chi connectivity index (χ2v) is 9.07. The van der Waals surface area contributed by atoms with Crippen LogP contribution in [-0.4, -0.2) is 56.5 Å². The van der Waals surface area contributed by atoms with E-state index in [1.54, 1.807) is 24.3 Å². The Hall–Kier alpha value is -2.87. The quantitative estimate of drug-likeness (QED) is 0.641. The van der Waals surface area contributed by atoms with Gasteiger partial charge in [-0.15, -0.1) is 0 Å². The van der Waals surface area contributed by atoms with Gasteiger partial charge in [0.25, 0.3) is 5.91 Å². The summed E-state index contributed by atoms with van der Waals surface area (Å²) in [5.41, 5.74) is 1.10. The van der Waals surface area contributed by atoms with E-state index in [9.17, 15) is 18.0 Å². The van der Waals surface area contributed by atoms with Gasteiger partial charge in [-0.25, -0.2) is 13.2 Å². The van der Waals surface area contributed by atoms with E-state index in [1.807, 2.05) is 30.3 Å². The highest BCUT2D eigenvalue weighted by Crippen LogP contribution is 2.21. The van der Waals surface area contributed by atoms with Crippen molar-refractivity contribution in [3.63, 3.8) is 0 Å². The molecule has 0 aromatic heterocycles. The number of amides is 1. The molecular weight excluding hydrogens is 394 g/mol. The van der Waals surface area contributed by atoms with Crippen molar-refractivity contribution in [2.45, 2.75) is 19.0 Å². The minimum atomic E-state index is -3.17. The summed E-state index contributed by atoms with van der Waals surface area (Å²) in [7, 11) is -1.72. The number of methoxy groups -OCH3 is 1. The topological polar surface area (TPSA) is 90.0 Å². The molecular formula is C21H23NO6S. The zero-order valence-electron chi connectivity index (χ0n) is 16.1. The first-order valence-electron chi connectivity index (χ1n) is 9.23. The van der Waals surface area contributed by atoms with Gasteiger partial charge in [0.15, 0.2) is 16.4 Å². The number of ether oxygens (including phenoxy) is 2. The molecule has 1 aliphatic rings. The van der Waals surface area contributed by atoms with E-state index in [-0.39, 0.29) is 23.6 Å². The molecule has 0 aliphatic carbocycles. The first kappa shape index (κ1) is 20.9. The van der Waals surface area contributed by atoms with Crippen LogP contribution in [0, 0.1) is 0 Å². The maximum Gasteiger partial charge on any atom is 0.342 e. The van der Waals surface area contributed by atoms with Crippen molar-refractivity contribution in [2.75, 3.05) is 25.2 Å². The molecule has 0 saturated carbocycles. The molecule has 154 valence electrons. The lowest BCUT2D eigenvalue weighted by Gasteiger charge is -2.28. The Morgan fingerprint density at radius 2 is 1.76 bits per heavy atom. The van der Waals surface area contributed by atoms with Crippen molar-refractivity contribution in [3.8, 4) is 5.75 Å². The molecule has 3 rings (SSSR count). The Bertz CT molecular complexity index is 974.